The second-order valence-electron chi connectivity index (χ2n) is 4.95. The molecule has 2 aliphatic carbocycles. The summed E-state index contributed by atoms with van der Waals surface area (Å²) >= 11 is 3.58. The van der Waals surface area contributed by atoms with Gasteiger partial charge >= 0.3 is 0 Å². The van der Waals surface area contributed by atoms with Gasteiger partial charge in [-0.2, -0.15) is 0 Å². The zero-order valence-corrected chi connectivity index (χ0v) is 11.0. The maximum atomic E-state index is 3.64. The molecule has 84 valence electrons. The number of halogens is 1. The number of fused-ring (bicyclic) bond motifs is 1. The minimum Gasteiger partial charge on any atom is -0.382 e. The number of benzene rings is 1. The number of allylic oxidation sites excluding steroid dienone is 1. The van der Waals surface area contributed by atoms with E-state index in [0.717, 1.165) is 11.8 Å². The smallest absolute Gasteiger partial charge is 0.0354 e. The van der Waals surface area contributed by atoms with E-state index in [1.807, 2.05) is 0 Å². The normalized spacial score (nSPS) is 31.0. The molecule has 1 aromatic rings. The lowest BCUT2D eigenvalue weighted by molar-refractivity contribution is 0.218. The van der Waals surface area contributed by atoms with Crippen LogP contribution >= 0.6 is 15.9 Å². The zero-order chi connectivity index (χ0) is 11.1. The highest BCUT2D eigenvalue weighted by molar-refractivity contribution is 9.10. The van der Waals surface area contributed by atoms with Crippen molar-refractivity contribution in [3.8, 4) is 0 Å². The van der Waals surface area contributed by atoms with E-state index in [9.17, 15) is 0 Å². The average Bonchev–Trinajstić information content (AvgIpc) is 2.61. The van der Waals surface area contributed by atoms with Crippen molar-refractivity contribution in [3.63, 3.8) is 0 Å². The van der Waals surface area contributed by atoms with Crippen LogP contribution in [0.4, 0.5) is 5.69 Å². The molecule has 1 fully saturated rings. The van der Waals surface area contributed by atoms with E-state index in [1.54, 1.807) is 0 Å². The summed E-state index contributed by atoms with van der Waals surface area (Å²) in [7, 11) is 0. The molecule has 1 aromatic carbocycles. The van der Waals surface area contributed by atoms with Gasteiger partial charge < -0.3 is 5.32 Å². The zero-order valence-electron chi connectivity index (χ0n) is 9.41. The van der Waals surface area contributed by atoms with Crippen LogP contribution in [0, 0.1) is 18.8 Å². The highest BCUT2D eigenvalue weighted by Crippen LogP contribution is 2.44. The van der Waals surface area contributed by atoms with Crippen LogP contribution < -0.4 is 5.32 Å². The summed E-state index contributed by atoms with van der Waals surface area (Å²) in [6, 6.07) is 7.17. The number of hydrogen-bond donors (Lipinski definition) is 1. The molecule has 0 aliphatic heterocycles. The molecule has 3 unspecified atom stereocenters. The third-order valence-corrected chi connectivity index (χ3v) is 4.74. The van der Waals surface area contributed by atoms with Crippen molar-refractivity contribution >= 4 is 21.6 Å². The van der Waals surface area contributed by atoms with Gasteiger partial charge in [0.15, 0.2) is 0 Å². The van der Waals surface area contributed by atoms with E-state index in [1.165, 1.54) is 28.6 Å². The molecule has 0 heterocycles. The Labute approximate surface area is 105 Å². The van der Waals surface area contributed by atoms with E-state index < -0.39 is 0 Å². The highest BCUT2D eigenvalue weighted by atomic mass is 79.9. The molecule has 0 aromatic heterocycles. The largest absolute Gasteiger partial charge is 0.382 e. The van der Waals surface area contributed by atoms with Crippen molar-refractivity contribution < 1.29 is 0 Å². The van der Waals surface area contributed by atoms with Gasteiger partial charge in [0, 0.05) is 22.1 Å². The molecule has 0 spiro atoms. The minimum absolute atomic E-state index is 0.651. The first-order valence-corrected chi connectivity index (χ1v) is 6.73. The van der Waals surface area contributed by atoms with Crippen LogP contribution in [0.1, 0.15) is 18.4 Å². The van der Waals surface area contributed by atoms with E-state index in [0.29, 0.717) is 6.04 Å². The Hall–Kier alpha value is -0.760. The van der Waals surface area contributed by atoms with Gasteiger partial charge in [-0.1, -0.05) is 34.1 Å². The van der Waals surface area contributed by atoms with Crippen molar-refractivity contribution in [2.24, 2.45) is 11.8 Å². The van der Waals surface area contributed by atoms with E-state index in [2.05, 4.69) is 58.5 Å². The van der Waals surface area contributed by atoms with Gasteiger partial charge in [0.1, 0.15) is 0 Å². The van der Waals surface area contributed by atoms with E-state index >= 15 is 0 Å². The van der Waals surface area contributed by atoms with Crippen LogP contribution in [0.15, 0.2) is 34.8 Å². The Morgan fingerprint density at radius 1 is 1.38 bits per heavy atom. The van der Waals surface area contributed by atoms with Gasteiger partial charge in [-0.05, 0) is 43.4 Å². The van der Waals surface area contributed by atoms with Crippen LogP contribution in [0.2, 0.25) is 0 Å². The fraction of sp³-hybridized carbons (Fsp3) is 0.429. The van der Waals surface area contributed by atoms with Crippen molar-refractivity contribution in [2.75, 3.05) is 5.32 Å². The molecule has 0 saturated heterocycles. The highest BCUT2D eigenvalue weighted by Gasteiger charge is 2.40. The molecule has 3 rings (SSSR count). The van der Waals surface area contributed by atoms with Crippen molar-refractivity contribution in [1.82, 2.24) is 0 Å². The first kappa shape index (κ1) is 10.4. The topological polar surface area (TPSA) is 12.0 Å². The molecule has 2 aliphatic rings. The maximum absolute atomic E-state index is 3.64. The predicted octanol–water partition coefficient (Wildman–Crippen LogP) is 4.13. The summed E-state index contributed by atoms with van der Waals surface area (Å²) < 4.78 is 1.19. The van der Waals surface area contributed by atoms with Crippen molar-refractivity contribution in [2.45, 2.75) is 25.8 Å². The second kappa shape index (κ2) is 3.92. The van der Waals surface area contributed by atoms with Crippen LogP contribution in [-0.4, -0.2) is 6.04 Å². The average molecular weight is 278 g/mol. The van der Waals surface area contributed by atoms with Crippen LogP contribution in [0.5, 0.6) is 0 Å². The molecule has 1 saturated carbocycles. The fourth-order valence-corrected chi connectivity index (χ4v) is 3.16. The lowest BCUT2D eigenvalue weighted by Crippen LogP contribution is -2.43. The molecule has 0 amide bonds. The molecule has 0 bridgehead atoms. The SMILES string of the molecule is Cc1ccc(NC2CC3CC=CC32)cc1Br. The fourth-order valence-electron chi connectivity index (χ4n) is 2.78. The molecule has 2 heteroatoms. The van der Waals surface area contributed by atoms with Gasteiger partial charge in [-0.25, -0.2) is 0 Å². The number of aryl methyl sites for hydroxylation is 1. The summed E-state index contributed by atoms with van der Waals surface area (Å²) in [5, 5.41) is 3.64. The summed E-state index contributed by atoms with van der Waals surface area (Å²) in [6.07, 6.45) is 7.33. The summed E-state index contributed by atoms with van der Waals surface area (Å²) in [5.41, 5.74) is 2.53. The standard InChI is InChI=1S/C14H16BrN/c1-9-5-6-11(8-13(9)15)16-14-7-10-3-2-4-12(10)14/h2,4-6,8,10,12,14,16H,3,7H2,1H3. The lowest BCUT2D eigenvalue weighted by atomic mass is 9.71. The van der Waals surface area contributed by atoms with Crippen LogP contribution in [0.3, 0.4) is 0 Å². The predicted molar refractivity (Wildman–Crippen MR) is 71.6 cm³/mol. The van der Waals surface area contributed by atoms with E-state index in [-0.39, 0.29) is 0 Å². The quantitative estimate of drug-likeness (QED) is 0.802. The third kappa shape index (κ3) is 1.69. The van der Waals surface area contributed by atoms with Gasteiger partial charge in [0.25, 0.3) is 0 Å². The van der Waals surface area contributed by atoms with Gasteiger partial charge in [0.05, 0.1) is 0 Å². The maximum Gasteiger partial charge on any atom is 0.0354 e. The Balaban J connectivity index is 1.70. The molecular weight excluding hydrogens is 262 g/mol. The van der Waals surface area contributed by atoms with Crippen LogP contribution in [-0.2, 0) is 0 Å². The molecular formula is C14H16BrN. The molecule has 16 heavy (non-hydrogen) atoms. The monoisotopic (exact) mass is 277 g/mol. The summed E-state index contributed by atoms with van der Waals surface area (Å²) in [4.78, 5) is 0. The Bertz CT molecular complexity index is 438. The molecule has 1 nitrogen and oxygen atoms in total. The lowest BCUT2D eigenvalue weighted by Gasteiger charge is -2.41. The molecule has 0 radical (unpaired) electrons. The minimum atomic E-state index is 0.651. The number of nitrogens with one attached hydrogen (secondary N) is 1. The van der Waals surface area contributed by atoms with E-state index in [4.69, 9.17) is 0 Å². The van der Waals surface area contributed by atoms with Gasteiger partial charge in [-0.3, -0.25) is 0 Å². The molecule has 3 atom stereocenters. The second-order valence-corrected chi connectivity index (χ2v) is 5.81. The summed E-state index contributed by atoms with van der Waals surface area (Å²) in [5.74, 6) is 1.70. The number of hydrogen-bond acceptors (Lipinski definition) is 1. The Morgan fingerprint density at radius 3 is 3.00 bits per heavy atom. The van der Waals surface area contributed by atoms with Crippen molar-refractivity contribution in [1.29, 1.82) is 0 Å². The first-order valence-electron chi connectivity index (χ1n) is 5.93. The number of anilines is 1. The van der Waals surface area contributed by atoms with Gasteiger partial charge in [-0.15, -0.1) is 0 Å². The van der Waals surface area contributed by atoms with Gasteiger partial charge in [0.2, 0.25) is 0 Å². The molecule has 1 N–H and O–H groups in total. The number of rotatable bonds is 2. The third-order valence-electron chi connectivity index (χ3n) is 3.89. The van der Waals surface area contributed by atoms with Crippen LogP contribution in [0.25, 0.3) is 0 Å². The first-order chi connectivity index (χ1) is 7.74. The Kier molecular flexibility index (Phi) is 2.55. The Morgan fingerprint density at radius 2 is 2.25 bits per heavy atom. The summed E-state index contributed by atoms with van der Waals surface area (Å²) in [6.45, 7) is 2.12. The van der Waals surface area contributed by atoms with Crippen molar-refractivity contribution in [3.05, 3.63) is 40.4 Å².